The fraction of sp³-hybridized carbons (Fsp3) is 0.600. The lowest BCUT2D eigenvalue weighted by atomic mass is 9.65. The lowest BCUT2D eigenvalue weighted by Gasteiger charge is -2.48. The molecule has 0 radical (unpaired) electrons. The van der Waals surface area contributed by atoms with E-state index in [1.54, 1.807) is 7.11 Å². The van der Waals surface area contributed by atoms with E-state index in [4.69, 9.17) is 4.74 Å². The Hall–Kier alpha value is -1.02. The number of fused-ring (bicyclic) bond motifs is 4. The van der Waals surface area contributed by atoms with E-state index in [9.17, 15) is 0 Å². The average molecular weight is 231 g/mol. The van der Waals surface area contributed by atoms with Gasteiger partial charge < -0.3 is 9.64 Å². The Bertz CT molecular complexity index is 443. The van der Waals surface area contributed by atoms with Crippen LogP contribution in [0.25, 0.3) is 0 Å². The SMILES string of the molecule is COc1ccc2c(c1)[C@@]1(C)CCN(C)C(C2)C1. The summed E-state index contributed by atoms with van der Waals surface area (Å²) in [6.45, 7) is 3.64. The van der Waals surface area contributed by atoms with Crippen LogP contribution in [0.1, 0.15) is 30.9 Å². The standard InChI is InChI=1S/C15H21NO/c1-15-6-7-16(2)12(10-15)8-11-4-5-13(17-3)9-14(11)15/h4-5,9,12H,6-8,10H2,1-3H3/t12?,15-/m0/s1. The normalized spacial score (nSPS) is 32.1. The molecule has 1 fully saturated rings. The molecule has 1 unspecified atom stereocenters. The third kappa shape index (κ3) is 1.66. The molecule has 1 aromatic rings. The number of ether oxygens (including phenoxy) is 1. The van der Waals surface area contributed by atoms with Crippen LogP contribution in [-0.4, -0.2) is 31.6 Å². The molecule has 0 aromatic heterocycles. The van der Waals surface area contributed by atoms with Crippen molar-refractivity contribution in [3.8, 4) is 5.75 Å². The monoisotopic (exact) mass is 231 g/mol. The van der Waals surface area contributed by atoms with Gasteiger partial charge in [0.2, 0.25) is 0 Å². The number of likely N-dealkylation sites (tertiary alicyclic amines) is 1. The fourth-order valence-corrected chi connectivity index (χ4v) is 3.53. The molecule has 92 valence electrons. The first kappa shape index (κ1) is 11.1. The topological polar surface area (TPSA) is 12.5 Å². The Morgan fingerprint density at radius 2 is 2.24 bits per heavy atom. The van der Waals surface area contributed by atoms with E-state index >= 15 is 0 Å². The van der Waals surface area contributed by atoms with E-state index in [1.165, 1.54) is 36.9 Å². The number of methoxy groups -OCH3 is 1. The van der Waals surface area contributed by atoms with E-state index in [0.717, 1.165) is 11.8 Å². The first-order valence-corrected chi connectivity index (χ1v) is 6.50. The summed E-state index contributed by atoms with van der Waals surface area (Å²) < 4.78 is 5.37. The maximum Gasteiger partial charge on any atom is 0.119 e. The van der Waals surface area contributed by atoms with Crippen molar-refractivity contribution in [1.29, 1.82) is 0 Å². The van der Waals surface area contributed by atoms with Crippen molar-refractivity contribution in [3.05, 3.63) is 29.3 Å². The zero-order valence-corrected chi connectivity index (χ0v) is 11.0. The van der Waals surface area contributed by atoms with Gasteiger partial charge >= 0.3 is 0 Å². The summed E-state index contributed by atoms with van der Waals surface area (Å²) in [5.41, 5.74) is 3.41. The van der Waals surface area contributed by atoms with Gasteiger partial charge in [-0.3, -0.25) is 0 Å². The molecule has 0 amide bonds. The van der Waals surface area contributed by atoms with Crippen molar-refractivity contribution < 1.29 is 4.74 Å². The summed E-state index contributed by atoms with van der Waals surface area (Å²) in [5, 5.41) is 0. The van der Waals surface area contributed by atoms with Gasteiger partial charge in [-0.1, -0.05) is 13.0 Å². The van der Waals surface area contributed by atoms with Gasteiger partial charge in [0.15, 0.2) is 0 Å². The quantitative estimate of drug-likeness (QED) is 0.736. The summed E-state index contributed by atoms with van der Waals surface area (Å²) in [6.07, 6.45) is 3.76. The highest BCUT2D eigenvalue weighted by molar-refractivity contribution is 5.43. The number of hydrogen-bond acceptors (Lipinski definition) is 2. The first-order valence-electron chi connectivity index (χ1n) is 6.50. The van der Waals surface area contributed by atoms with Crippen molar-refractivity contribution in [1.82, 2.24) is 4.90 Å². The van der Waals surface area contributed by atoms with Gasteiger partial charge in [0.25, 0.3) is 0 Å². The van der Waals surface area contributed by atoms with Crippen molar-refractivity contribution in [3.63, 3.8) is 0 Å². The molecule has 1 heterocycles. The highest BCUT2D eigenvalue weighted by Gasteiger charge is 2.41. The molecular formula is C15H21NO. The summed E-state index contributed by atoms with van der Waals surface area (Å²) in [6, 6.07) is 7.35. The molecule has 3 rings (SSSR count). The highest BCUT2D eigenvalue weighted by atomic mass is 16.5. The Kier molecular flexibility index (Phi) is 2.44. The molecule has 1 aliphatic carbocycles. The van der Waals surface area contributed by atoms with Crippen molar-refractivity contribution in [2.75, 3.05) is 20.7 Å². The molecule has 0 spiro atoms. The minimum atomic E-state index is 0.360. The molecule has 1 aliphatic heterocycles. The summed E-state index contributed by atoms with van der Waals surface area (Å²) in [4.78, 5) is 2.52. The third-order valence-corrected chi connectivity index (χ3v) is 4.75. The number of benzene rings is 1. The van der Waals surface area contributed by atoms with Crippen LogP contribution < -0.4 is 4.74 Å². The van der Waals surface area contributed by atoms with Crippen LogP contribution in [0, 0.1) is 0 Å². The minimum absolute atomic E-state index is 0.360. The fourth-order valence-electron chi connectivity index (χ4n) is 3.53. The number of nitrogens with zero attached hydrogens (tertiary/aromatic N) is 1. The molecule has 1 aromatic carbocycles. The van der Waals surface area contributed by atoms with Crippen LogP contribution >= 0.6 is 0 Å². The van der Waals surface area contributed by atoms with Crippen molar-refractivity contribution in [2.24, 2.45) is 0 Å². The van der Waals surface area contributed by atoms with Gasteiger partial charge in [0, 0.05) is 6.04 Å². The predicted octanol–water partition coefficient (Wildman–Crippen LogP) is 2.60. The molecule has 0 N–H and O–H groups in total. The van der Waals surface area contributed by atoms with Crippen LogP contribution in [0.5, 0.6) is 5.75 Å². The van der Waals surface area contributed by atoms with Crippen LogP contribution in [-0.2, 0) is 11.8 Å². The summed E-state index contributed by atoms with van der Waals surface area (Å²) in [5.74, 6) is 1.00. The molecule has 2 bridgehead atoms. The van der Waals surface area contributed by atoms with Gasteiger partial charge in [-0.15, -0.1) is 0 Å². The van der Waals surface area contributed by atoms with Crippen LogP contribution in [0.4, 0.5) is 0 Å². The number of hydrogen-bond donors (Lipinski definition) is 0. The Morgan fingerprint density at radius 1 is 1.41 bits per heavy atom. The average Bonchev–Trinajstić information content (AvgIpc) is 2.34. The second kappa shape index (κ2) is 3.74. The van der Waals surface area contributed by atoms with Gasteiger partial charge in [-0.25, -0.2) is 0 Å². The molecule has 2 aliphatic rings. The van der Waals surface area contributed by atoms with Gasteiger partial charge in [0.1, 0.15) is 5.75 Å². The number of piperidine rings is 1. The second-order valence-electron chi connectivity index (χ2n) is 5.88. The molecular weight excluding hydrogens is 210 g/mol. The largest absolute Gasteiger partial charge is 0.497 e. The van der Waals surface area contributed by atoms with Crippen LogP contribution in [0.2, 0.25) is 0 Å². The molecule has 17 heavy (non-hydrogen) atoms. The smallest absolute Gasteiger partial charge is 0.119 e. The Labute approximate surface area is 104 Å². The lowest BCUT2D eigenvalue weighted by Crippen LogP contribution is -2.50. The van der Waals surface area contributed by atoms with Gasteiger partial charge in [0.05, 0.1) is 7.11 Å². The highest BCUT2D eigenvalue weighted by Crippen LogP contribution is 2.45. The Morgan fingerprint density at radius 3 is 3.00 bits per heavy atom. The van der Waals surface area contributed by atoms with Crippen LogP contribution in [0.3, 0.4) is 0 Å². The third-order valence-electron chi connectivity index (χ3n) is 4.75. The number of rotatable bonds is 1. The van der Waals surface area contributed by atoms with E-state index < -0.39 is 0 Å². The van der Waals surface area contributed by atoms with Gasteiger partial charge in [-0.2, -0.15) is 0 Å². The second-order valence-corrected chi connectivity index (χ2v) is 5.88. The summed E-state index contributed by atoms with van der Waals surface area (Å²) in [7, 11) is 4.02. The van der Waals surface area contributed by atoms with Gasteiger partial charge in [-0.05, 0) is 61.5 Å². The molecule has 2 nitrogen and oxygen atoms in total. The first-order chi connectivity index (χ1) is 8.12. The Balaban J connectivity index is 2.07. The number of likely N-dealkylation sites (N-methyl/N-ethyl adjacent to an activating group) is 1. The van der Waals surface area contributed by atoms with Crippen LogP contribution in [0.15, 0.2) is 18.2 Å². The minimum Gasteiger partial charge on any atom is -0.497 e. The predicted molar refractivity (Wildman–Crippen MR) is 69.7 cm³/mol. The van der Waals surface area contributed by atoms with Crippen molar-refractivity contribution >= 4 is 0 Å². The summed E-state index contributed by atoms with van der Waals surface area (Å²) >= 11 is 0. The van der Waals surface area contributed by atoms with Crippen molar-refractivity contribution in [2.45, 2.75) is 37.6 Å². The maximum atomic E-state index is 5.37. The zero-order chi connectivity index (χ0) is 12.0. The van der Waals surface area contributed by atoms with E-state index in [2.05, 4.69) is 37.1 Å². The zero-order valence-electron chi connectivity index (χ0n) is 11.0. The van der Waals surface area contributed by atoms with E-state index in [-0.39, 0.29) is 0 Å². The molecule has 1 saturated heterocycles. The molecule has 2 atom stereocenters. The maximum absolute atomic E-state index is 5.37. The van der Waals surface area contributed by atoms with E-state index in [1.807, 2.05) is 0 Å². The molecule has 0 saturated carbocycles. The lowest BCUT2D eigenvalue weighted by molar-refractivity contribution is 0.113. The molecule has 2 heteroatoms. The van der Waals surface area contributed by atoms with E-state index in [0.29, 0.717) is 5.41 Å².